The van der Waals surface area contributed by atoms with Gasteiger partial charge in [-0.3, -0.25) is 0 Å². The molecule has 1 aliphatic heterocycles. The second-order valence-electron chi connectivity index (χ2n) is 11.7. The normalized spacial score (nSPS) is 13.7. The highest BCUT2D eigenvalue weighted by atomic mass is 32.3. The molecule has 0 unspecified atom stereocenters. The molecule has 0 nitrogen and oxygen atoms in total. The van der Waals surface area contributed by atoms with Gasteiger partial charge in [-0.05, 0) is 64.7 Å². The second kappa shape index (κ2) is 11.0. The average molecular weight is 623 g/mol. The maximum Gasteiger partial charge on any atom is 0.0434 e. The van der Waals surface area contributed by atoms with E-state index in [1.807, 2.05) is 11.3 Å². The fourth-order valence-corrected chi connectivity index (χ4v) is 12.7. The number of thiophene rings is 1. The van der Waals surface area contributed by atoms with E-state index in [1.54, 1.807) is 0 Å². The molecule has 0 fully saturated rings. The van der Waals surface area contributed by atoms with E-state index < -0.39 is 10.0 Å². The minimum absolute atomic E-state index is 1.24. The molecule has 0 bridgehead atoms. The summed E-state index contributed by atoms with van der Waals surface area (Å²) in [5, 5.41) is 2.62. The van der Waals surface area contributed by atoms with Crippen LogP contribution in [0.15, 0.2) is 202 Å². The molecular weight excluding hydrogens is 593 g/mol. The lowest BCUT2D eigenvalue weighted by atomic mass is 9.96. The molecule has 0 atom stereocenters. The number of fused-ring (bicyclic) bond motifs is 4. The Balaban J connectivity index is 1.32. The van der Waals surface area contributed by atoms with Gasteiger partial charge in [0.2, 0.25) is 0 Å². The molecule has 7 aromatic carbocycles. The third-order valence-corrected chi connectivity index (χ3v) is 14.4. The highest BCUT2D eigenvalue weighted by molar-refractivity contribution is 8.34. The van der Waals surface area contributed by atoms with Crippen LogP contribution in [-0.2, 0) is 0 Å². The number of benzene rings is 7. The van der Waals surface area contributed by atoms with E-state index in [2.05, 4.69) is 182 Å². The van der Waals surface area contributed by atoms with Crippen molar-refractivity contribution in [2.24, 2.45) is 0 Å². The Kier molecular flexibility index (Phi) is 6.52. The van der Waals surface area contributed by atoms with Crippen LogP contribution in [0.2, 0.25) is 0 Å². The van der Waals surface area contributed by atoms with E-state index in [-0.39, 0.29) is 0 Å². The first-order valence-electron chi connectivity index (χ1n) is 15.7. The molecule has 8 aromatic rings. The lowest BCUT2D eigenvalue weighted by Crippen LogP contribution is -2.01. The molecule has 1 aliphatic rings. The quantitative estimate of drug-likeness (QED) is 0.179. The van der Waals surface area contributed by atoms with Crippen molar-refractivity contribution in [2.45, 2.75) is 19.6 Å². The maximum absolute atomic E-state index is 2.40. The van der Waals surface area contributed by atoms with Crippen LogP contribution < -0.4 is 0 Å². The molecule has 0 amide bonds. The zero-order valence-electron chi connectivity index (χ0n) is 25.1. The van der Waals surface area contributed by atoms with Gasteiger partial charge in [-0.2, -0.15) is 0 Å². The Labute approximate surface area is 275 Å². The molecule has 0 aliphatic carbocycles. The summed E-state index contributed by atoms with van der Waals surface area (Å²) in [6.45, 7) is 0. The Hall–Kier alpha value is -5.15. The Morgan fingerprint density at radius 3 is 1.57 bits per heavy atom. The topological polar surface area (TPSA) is 0 Å². The van der Waals surface area contributed by atoms with Crippen molar-refractivity contribution in [3.05, 3.63) is 182 Å². The van der Waals surface area contributed by atoms with Crippen LogP contribution >= 0.6 is 21.4 Å². The van der Waals surface area contributed by atoms with Gasteiger partial charge in [0.25, 0.3) is 0 Å². The van der Waals surface area contributed by atoms with Crippen LogP contribution in [0.1, 0.15) is 0 Å². The van der Waals surface area contributed by atoms with E-state index in [4.69, 9.17) is 0 Å². The molecule has 46 heavy (non-hydrogen) atoms. The Morgan fingerprint density at radius 2 is 0.848 bits per heavy atom. The van der Waals surface area contributed by atoms with E-state index in [9.17, 15) is 0 Å². The van der Waals surface area contributed by atoms with Crippen LogP contribution in [-0.4, -0.2) is 0 Å². The average Bonchev–Trinajstić information content (AvgIpc) is 3.68. The molecule has 0 radical (unpaired) electrons. The predicted molar refractivity (Wildman–Crippen MR) is 197 cm³/mol. The summed E-state index contributed by atoms with van der Waals surface area (Å²) in [7, 11) is -1.70. The Bertz CT molecular complexity index is 2310. The molecule has 218 valence electrons. The van der Waals surface area contributed by atoms with Crippen molar-refractivity contribution >= 4 is 32.1 Å². The number of rotatable bonds is 5. The second-order valence-corrected chi connectivity index (χ2v) is 15.7. The molecule has 0 N–H and O–H groups in total. The largest absolute Gasteiger partial charge is 0.134 e. The highest BCUT2D eigenvalue weighted by Gasteiger charge is 2.43. The predicted octanol–water partition coefficient (Wildman–Crippen LogP) is 13.2. The lowest BCUT2D eigenvalue weighted by molar-refractivity contribution is 1.29. The van der Waals surface area contributed by atoms with Gasteiger partial charge in [0, 0.05) is 51.2 Å². The van der Waals surface area contributed by atoms with Gasteiger partial charge in [-0.15, -0.1) is 21.4 Å². The van der Waals surface area contributed by atoms with Crippen LogP contribution in [0.5, 0.6) is 0 Å². The van der Waals surface area contributed by atoms with Gasteiger partial charge < -0.3 is 0 Å². The molecular formula is C44H30S2. The maximum atomic E-state index is 2.40. The first-order chi connectivity index (χ1) is 22.8. The standard InChI is InChI=1S/C44H30S2/c1-4-16-31(17-5-1)32-18-14-19-33(30-32)43-36-24-10-11-25-37(36)44(45-43)39-27-15-29-41-42(39)38-26-12-13-28-40(38)46(41,34-20-6-2-7-21-34)35-22-8-3-9-23-35/h1-30H. The SMILES string of the molecule is c1ccc(-c2cccc(-c3sc(-c4cccc5c4-c4ccccc4S5(c4ccccc4)c4ccccc4)c4ccccc34)c2)cc1. The zero-order valence-corrected chi connectivity index (χ0v) is 26.8. The summed E-state index contributed by atoms with van der Waals surface area (Å²) in [5.74, 6) is 0. The number of hydrogen-bond acceptors (Lipinski definition) is 1. The van der Waals surface area contributed by atoms with Gasteiger partial charge in [0.1, 0.15) is 0 Å². The van der Waals surface area contributed by atoms with Gasteiger partial charge in [-0.1, -0.05) is 140 Å². The van der Waals surface area contributed by atoms with Crippen LogP contribution in [0.4, 0.5) is 0 Å². The smallest absolute Gasteiger partial charge is 0.0434 e. The first-order valence-corrected chi connectivity index (χ1v) is 18.1. The molecule has 0 saturated heterocycles. The molecule has 2 heteroatoms. The van der Waals surface area contributed by atoms with E-state index >= 15 is 0 Å². The fourth-order valence-electron chi connectivity index (χ4n) is 7.18. The molecule has 9 rings (SSSR count). The highest BCUT2D eigenvalue weighted by Crippen LogP contribution is 2.80. The van der Waals surface area contributed by atoms with Gasteiger partial charge in [0.05, 0.1) is 0 Å². The Morgan fingerprint density at radius 1 is 0.348 bits per heavy atom. The molecule has 0 spiro atoms. The first kappa shape index (κ1) is 27.2. The summed E-state index contributed by atoms with van der Waals surface area (Å²) in [4.78, 5) is 8.24. The van der Waals surface area contributed by atoms with E-state index in [0.717, 1.165) is 0 Å². The molecule has 1 aromatic heterocycles. The van der Waals surface area contributed by atoms with Crippen molar-refractivity contribution in [3.8, 4) is 43.1 Å². The molecule has 2 heterocycles. The third kappa shape index (κ3) is 4.08. The summed E-state index contributed by atoms with van der Waals surface area (Å²) < 4.78 is 0. The molecule has 0 saturated carbocycles. The van der Waals surface area contributed by atoms with Crippen molar-refractivity contribution in [2.75, 3.05) is 0 Å². The fraction of sp³-hybridized carbons (Fsp3) is 0. The van der Waals surface area contributed by atoms with Crippen LogP contribution in [0.25, 0.3) is 53.9 Å². The van der Waals surface area contributed by atoms with Gasteiger partial charge >= 0.3 is 0 Å². The summed E-state index contributed by atoms with van der Waals surface area (Å²) in [5.41, 5.74) is 7.78. The van der Waals surface area contributed by atoms with E-state index in [0.29, 0.717) is 0 Å². The summed E-state index contributed by atoms with van der Waals surface area (Å²) in [6, 6.07) is 67.2. The van der Waals surface area contributed by atoms with Crippen molar-refractivity contribution in [3.63, 3.8) is 0 Å². The van der Waals surface area contributed by atoms with Gasteiger partial charge in [0.15, 0.2) is 0 Å². The zero-order chi connectivity index (χ0) is 30.5. The van der Waals surface area contributed by atoms with Gasteiger partial charge in [-0.25, -0.2) is 0 Å². The van der Waals surface area contributed by atoms with E-state index in [1.165, 1.54) is 73.5 Å². The number of hydrogen-bond donors (Lipinski definition) is 0. The minimum Gasteiger partial charge on any atom is -0.134 e. The summed E-state index contributed by atoms with van der Waals surface area (Å²) >= 11 is 1.92. The lowest BCUT2D eigenvalue weighted by Gasteiger charge is -2.39. The minimum atomic E-state index is -1.70. The monoisotopic (exact) mass is 622 g/mol. The third-order valence-electron chi connectivity index (χ3n) is 9.13. The van der Waals surface area contributed by atoms with Crippen LogP contribution in [0.3, 0.4) is 0 Å². The van der Waals surface area contributed by atoms with Crippen molar-refractivity contribution in [1.82, 2.24) is 0 Å². The van der Waals surface area contributed by atoms with Crippen molar-refractivity contribution in [1.29, 1.82) is 0 Å². The van der Waals surface area contributed by atoms with Crippen LogP contribution in [0, 0.1) is 0 Å². The summed E-state index contributed by atoms with van der Waals surface area (Å²) in [6.07, 6.45) is 0. The van der Waals surface area contributed by atoms with Crippen molar-refractivity contribution < 1.29 is 0 Å².